The zero-order valence-electron chi connectivity index (χ0n) is 11.7. The highest BCUT2D eigenvalue weighted by molar-refractivity contribution is 5.50. The van der Waals surface area contributed by atoms with E-state index in [-0.39, 0.29) is 0 Å². The molecule has 102 valence electrons. The number of hydrogen-bond acceptors (Lipinski definition) is 4. The van der Waals surface area contributed by atoms with E-state index < -0.39 is 0 Å². The Balaban J connectivity index is 2.27. The summed E-state index contributed by atoms with van der Waals surface area (Å²) in [6.45, 7) is 5.03. The number of nitrogen functional groups attached to an aromatic ring is 1. The molecule has 0 saturated heterocycles. The summed E-state index contributed by atoms with van der Waals surface area (Å²) < 4.78 is 0. The maximum atomic E-state index is 8.96. The van der Waals surface area contributed by atoms with Gasteiger partial charge in [-0.1, -0.05) is 12.1 Å². The molecule has 0 atom stereocenters. The Kier molecular flexibility index (Phi) is 4.21. The lowest BCUT2D eigenvalue weighted by Gasteiger charge is -2.29. The van der Waals surface area contributed by atoms with Crippen molar-refractivity contribution in [2.75, 3.05) is 10.6 Å². The zero-order chi connectivity index (χ0) is 14.5. The zero-order valence-corrected chi connectivity index (χ0v) is 11.7. The van der Waals surface area contributed by atoms with Gasteiger partial charge >= 0.3 is 0 Å². The maximum Gasteiger partial charge on any atom is 0.142 e. The molecule has 0 aliphatic rings. The molecule has 20 heavy (non-hydrogen) atoms. The van der Waals surface area contributed by atoms with Crippen molar-refractivity contribution in [2.45, 2.75) is 26.4 Å². The molecule has 1 aromatic carbocycles. The third-order valence-corrected chi connectivity index (χ3v) is 3.15. The molecule has 0 radical (unpaired) electrons. The third kappa shape index (κ3) is 3.27. The Morgan fingerprint density at radius 1 is 1.25 bits per heavy atom. The van der Waals surface area contributed by atoms with Crippen LogP contribution in [0.5, 0.6) is 0 Å². The molecule has 2 rings (SSSR count). The molecule has 0 aliphatic heterocycles. The van der Waals surface area contributed by atoms with E-state index >= 15 is 0 Å². The molecule has 2 aromatic rings. The van der Waals surface area contributed by atoms with Gasteiger partial charge in [-0.3, -0.25) is 0 Å². The van der Waals surface area contributed by atoms with Gasteiger partial charge in [0.25, 0.3) is 0 Å². The van der Waals surface area contributed by atoms with Crippen molar-refractivity contribution in [3.05, 3.63) is 53.9 Å². The van der Waals surface area contributed by atoms with Crippen LogP contribution in [0.25, 0.3) is 0 Å². The second kappa shape index (κ2) is 6.07. The Hall–Kier alpha value is -2.54. The predicted molar refractivity (Wildman–Crippen MR) is 81.1 cm³/mol. The fourth-order valence-electron chi connectivity index (χ4n) is 2.05. The van der Waals surface area contributed by atoms with Crippen LogP contribution in [0, 0.1) is 11.3 Å². The summed E-state index contributed by atoms with van der Waals surface area (Å²) in [6, 6.07) is 14.0. The molecule has 0 aliphatic carbocycles. The highest BCUT2D eigenvalue weighted by atomic mass is 15.1. The number of pyridine rings is 1. The van der Waals surface area contributed by atoms with Gasteiger partial charge in [0.05, 0.1) is 0 Å². The highest BCUT2D eigenvalue weighted by Crippen LogP contribution is 2.20. The fraction of sp³-hybridized carbons (Fsp3) is 0.250. The molecule has 1 aromatic heterocycles. The van der Waals surface area contributed by atoms with Gasteiger partial charge in [-0.2, -0.15) is 5.26 Å². The van der Waals surface area contributed by atoms with Gasteiger partial charge < -0.3 is 10.6 Å². The Bertz CT molecular complexity index is 611. The molecule has 0 bridgehead atoms. The van der Waals surface area contributed by atoms with Crippen molar-refractivity contribution in [1.29, 1.82) is 5.26 Å². The van der Waals surface area contributed by atoms with E-state index in [0.29, 0.717) is 11.7 Å². The number of nitrogens with zero attached hydrogens (tertiary/aromatic N) is 3. The standard InChI is InChI=1S/C16H18N4/c1-12(2)20(11-13-3-5-14(18)6-4-13)16-7-8-19-15(9-16)10-17/h3-9,12H,11,18H2,1-2H3. The van der Waals surface area contributed by atoms with Crippen LogP contribution in [0.3, 0.4) is 0 Å². The Morgan fingerprint density at radius 2 is 1.95 bits per heavy atom. The molecule has 4 nitrogen and oxygen atoms in total. The predicted octanol–water partition coefficient (Wildman–Crippen LogP) is 2.95. The van der Waals surface area contributed by atoms with Crippen LogP contribution in [0.4, 0.5) is 11.4 Å². The average molecular weight is 266 g/mol. The number of rotatable bonds is 4. The van der Waals surface area contributed by atoms with Gasteiger partial charge in [0.15, 0.2) is 0 Å². The number of hydrogen-bond donors (Lipinski definition) is 1. The summed E-state index contributed by atoms with van der Waals surface area (Å²) in [4.78, 5) is 6.24. The molecule has 4 heteroatoms. The summed E-state index contributed by atoms with van der Waals surface area (Å²) in [5.74, 6) is 0. The third-order valence-electron chi connectivity index (χ3n) is 3.15. The minimum atomic E-state index is 0.321. The van der Waals surface area contributed by atoms with E-state index in [9.17, 15) is 0 Å². The Labute approximate surface area is 119 Å². The first-order chi connectivity index (χ1) is 9.60. The molecule has 0 saturated carbocycles. The first-order valence-corrected chi connectivity index (χ1v) is 6.57. The van der Waals surface area contributed by atoms with Gasteiger partial charge in [-0.15, -0.1) is 0 Å². The molecular formula is C16H18N4. The van der Waals surface area contributed by atoms with Crippen LogP contribution in [-0.4, -0.2) is 11.0 Å². The molecule has 2 N–H and O–H groups in total. The number of nitrogens with two attached hydrogens (primary N) is 1. The van der Waals surface area contributed by atoms with E-state index in [1.807, 2.05) is 36.4 Å². The average Bonchev–Trinajstić information content (AvgIpc) is 2.46. The van der Waals surface area contributed by atoms with Crippen molar-refractivity contribution in [1.82, 2.24) is 4.98 Å². The largest absolute Gasteiger partial charge is 0.399 e. The van der Waals surface area contributed by atoms with E-state index in [1.54, 1.807) is 6.20 Å². The van der Waals surface area contributed by atoms with E-state index in [2.05, 4.69) is 29.8 Å². The number of nitriles is 1. The van der Waals surface area contributed by atoms with Crippen LogP contribution in [0.2, 0.25) is 0 Å². The minimum Gasteiger partial charge on any atom is -0.399 e. The smallest absolute Gasteiger partial charge is 0.142 e. The van der Waals surface area contributed by atoms with Crippen molar-refractivity contribution < 1.29 is 0 Å². The summed E-state index contributed by atoms with van der Waals surface area (Å²) in [6.07, 6.45) is 1.67. The van der Waals surface area contributed by atoms with Crippen molar-refractivity contribution in [3.8, 4) is 6.07 Å². The van der Waals surface area contributed by atoms with Gasteiger partial charge in [0.1, 0.15) is 11.8 Å². The van der Waals surface area contributed by atoms with Gasteiger partial charge in [0, 0.05) is 30.2 Å². The SMILES string of the molecule is CC(C)N(Cc1ccc(N)cc1)c1ccnc(C#N)c1. The number of anilines is 2. The van der Waals surface area contributed by atoms with Gasteiger partial charge in [-0.25, -0.2) is 4.98 Å². The normalized spacial score (nSPS) is 10.3. The molecule has 1 heterocycles. The van der Waals surface area contributed by atoms with Gasteiger partial charge in [0.2, 0.25) is 0 Å². The van der Waals surface area contributed by atoms with Crippen LogP contribution in [0.15, 0.2) is 42.6 Å². The fourth-order valence-corrected chi connectivity index (χ4v) is 2.05. The van der Waals surface area contributed by atoms with Crippen LogP contribution >= 0.6 is 0 Å². The molecule has 0 spiro atoms. The Morgan fingerprint density at radius 3 is 2.55 bits per heavy atom. The lowest BCUT2D eigenvalue weighted by molar-refractivity contribution is 0.682. The van der Waals surface area contributed by atoms with Crippen LogP contribution < -0.4 is 10.6 Å². The second-order valence-electron chi connectivity index (χ2n) is 4.97. The first-order valence-electron chi connectivity index (χ1n) is 6.57. The highest BCUT2D eigenvalue weighted by Gasteiger charge is 2.12. The first kappa shape index (κ1) is 13.9. The summed E-state index contributed by atoms with van der Waals surface area (Å²) in [5, 5.41) is 8.96. The summed E-state index contributed by atoms with van der Waals surface area (Å²) in [7, 11) is 0. The van der Waals surface area contributed by atoms with Crippen LogP contribution in [0.1, 0.15) is 25.1 Å². The lowest BCUT2D eigenvalue weighted by atomic mass is 10.1. The quantitative estimate of drug-likeness (QED) is 0.864. The van der Waals surface area contributed by atoms with Crippen molar-refractivity contribution in [3.63, 3.8) is 0 Å². The van der Waals surface area contributed by atoms with Crippen LogP contribution in [-0.2, 0) is 6.54 Å². The molecule has 0 amide bonds. The van der Waals surface area contributed by atoms with Crippen molar-refractivity contribution in [2.24, 2.45) is 0 Å². The number of benzene rings is 1. The maximum absolute atomic E-state index is 8.96. The number of aromatic nitrogens is 1. The molecular weight excluding hydrogens is 248 g/mol. The minimum absolute atomic E-state index is 0.321. The van der Waals surface area contributed by atoms with E-state index in [4.69, 9.17) is 11.0 Å². The van der Waals surface area contributed by atoms with E-state index in [0.717, 1.165) is 17.9 Å². The molecule has 0 unspecified atom stereocenters. The monoisotopic (exact) mass is 266 g/mol. The summed E-state index contributed by atoms with van der Waals surface area (Å²) >= 11 is 0. The molecule has 0 fully saturated rings. The van der Waals surface area contributed by atoms with Gasteiger partial charge in [-0.05, 0) is 43.7 Å². The summed E-state index contributed by atoms with van der Waals surface area (Å²) in [5.41, 5.74) is 9.10. The van der Waals surface area contributed by atoms with Crippen molar-refractivity contribution >= 4 is 11.4 Å². The lowest BCUT2D eigenvalue weighted by Crippen LogP contribution is -2.30. The van der Waals surface area contributed by atoms with E-state index in [1.165, 1.54) is 5.56 Å². The second-order valence-corrected chi connectivity index (χ2v) is 4.97. The topological polar surface area (TPSA) is 65.9 Å².